The van der Waals surface area contributed by atoms with Crippen LogP contribution >= 0.6 is 23.2 Å². The van der Waals surface area contributed by atoms with Crippen molar-refractivity contribution in [2.75, 3.05) is 55.7 Å². The number of morpholine rings is 1. The Hall–Kier alpha value is -2.64. The summed E-state index contributed by atoms with van der Waals surface area (Å²) in [4.78, 5) is 18.8. The Kier molecular flexibility index (Phi) is 7.76. The van der Waals surface area contributed by atoms with Crippen LogP contribution in [0.1, 0.15) is 51.3 Å². The molecule has 11 nitrogen and oxygen atoms in total. The SMILES string of the molecule is C=CC(=O)N1CC2(CC(n3nc(N4CC[C@@H](CN5CCO[C@@H]6CS(=O)(=O)C[C@@H]65)CC4(C)C)c(-c4c(Cl)c(Cl)cc5[nH]ncc45)c3C)C2)C1. The predicted octanol–water partition coefficient (Wildman–Crippen LogP) is 4.88. The van der Waals surface area contributed by atoms with E-state index in [4.69, 9.17) is 33.0 Å². The van der Waals surface area contributed by atoms with E-state index in [0.29, 0.717) is 22.6 Å². The van der Waals surface area contributed by atoms with E-state index in [9.17, 15) is 13.2 Å². The van der Waals surface area contributed by atoms with Crippen LogP contribution in [0.15, 0.2) is 24.9 Å². The zero-order valence-electron chi connectivity index (χ0n) is 27.7. The largest absolute Gasteiger partial charge is 0.374 e. The molecule has 0 bridgehead atoms. The van der Waals surface area contributed by atoms with Gasteiger partial charge in [0.15, 0.2) is 15.7 Å². The van der Waals surface area contributed by atoms with Crippen LogP contribution in [-0.4, -0.2) is 113 Å². The van der Waals surface area contributed by atoms with Gasteiger partial charge < -0.3 is 14.5 Å². The summed E-state index contributed by atoms with van der Waals surface area (Å²) in [5.74, 6) is 1.62. The van der Waals surface area contributed by atoms with Crippen molar-refractivity contribution in [2.24, 2.45) is 11.3 Å². The van der Waals surface area contributed by atoms with E-state index in [0.717, 1.165) is 91.9 Å². The molecular weight excluding hydrogens is 673 g/mol. The molecule has 5 aliphatic rings. The Bertz CT molecular complexity index is 1910. The molecule has 2 aromatic heterocycles. The van der Waals surface area contributed by atoms with Gasteiger partial charge in [0, 0.05) is 65.9 Å². The Balaban J connectivity index is 1.10. The van der Waals surface area contributed by atoms with Crippen LogP contribution in [0.4, 0.5) is 5.82 Å². The van der Waals surface area contributed by atoms with Gasteiger partial charge in [-0.15, -0.1) is 0 Å². The van der Waals surface area contributed by atoms with Crippen LogP contribution in [0.25, 0.3) is 22.0 Å². The summed E-state index contributed by atoms with van der Waals surface area (Å²) >= 11 is 13.8. The minimum atomic E-state index is -3.07. The van der Waals surface area contributed by atoms with E-state index in [-0.39, 0.29) is 46.6 Å². The van der Waals surface area contributed by atoms with Gasteiger partial charge in [-0.2, -0.15) is 10.2 Å². The third-order valence-electron chi connectivity index (χ3n) is 11.7. The summed E-state index contributed by atoms with van der Waals surface area (Å²) in [7, 11) is -3.07. The van der Waals surface area contributed by atoms with Crippen LogP contribution in [0.3, 0.4) is 0 Å². The van der Waals surface area contributed by atoms with Gasteiger partial charge in [0.25, 0.3) is 0 Å². The number of anilines is 1. The molecule has 1 amide bonds. The third kappa shape index (κ3) is 5.28. The summed E-state index contributed by atoms with van der Waals surface area (Å²) < 4.78 is 33.0. The lowest BCUT2D eigenvalue weighted by Crippen LogP contribution is -2.63. The van der Waals surface area contributed by atoms with Gasteiger partial charge in [0.05, 0.1) is 58.1 Å². The van der Waals surface area contributed by atoms with E-state index in [1.54, 1.807) is 0 Å². The number of hydrogen-bond acceptors (Lipinski definition) is 8. The lowest BCUT2D eigenvalue weighted by molar-refractivity contribution is -0.149. The number of ether oxygens (including phenoxy) is 1. The molecule has 6 heterocycles. The lowest BCUT2D eigenvalue weighted by atomic mass is 9.60. The zero-order valence-corrected chi connectivity index (χ0v) is 30.0. The average molecular weight is 717 g/mol. The van der Waals surface area contributed by atoms with Gasteiger partial charge in [0.2, 0.25) is 5.91 Å². The van der Waals surface area contributed by atoms with Crippen molar-refractivity contribution < 1.29 is 17.9 Å². The second-order valence-corrected chi connectivity index (χ2v) is 18.4. The normalized spacial score (nSPS) is 28.0. The molecule has 0 unspecified atom stereocenters. The second-order valence-electron chi connectivity index (χ2n) is 15.4. The maximum absolute atomic E-state index is 12.4. The zero-order chi connectivity index (χ0) is 33.7. The number of aromatic nitrogens is 4. The van der Waals surface area contributed by atoms with Gasteiger partial charge >= 0.3 is 0 Å². The monoisotopic (exact) mass is 715 g/mol. The van der Waals surface area contributed by atoms with Crippen LogP contribution < -0.4 is 4.90 Å². The number of hydrogen-bond donors (Lipinski definition) is 1. The fourth-order valence-electron chi connectivity index (χ4n) is 9.46. The fraction of sp³-hybridized carbons (Fsp3) is 0.618. The standard InChI is InChI=1S/C34H43Cl2N7O4S/c1-5-28(44)41-18-34(19-41)12-22(13-34)43-20(2)29(30-23-14-37-38-25(23)10-24(35)31(30)36)32(39-43)42-7-6-21(11-33(42,3)4)15-40-8-9-47-27-17-48(45,46)16-26(27)40/h5,10,14,21-22,26-27H,1,6-9,11-13,15-19H2,2-4H3,(H,37,38)/t21-,26+,27-/m1/s1. The second kappa shape index (κ2) is 11.4. The first kappa shape index (κ1) is 32.6. The molecule has 1 spiro atoms. The summed E-state index contributed by atoms with van der Waals surface area (Å²) in [6, 6.07) is 1.98. The van der Waals surface area contributed by atoms with Gasteiger partial charge in [-0.05, 0) is 64.5 Å². The highest BCUT2D eigenvalue weighted by Gasteiger charge is 2.55. The van der Waals surface area contributed by atoms with Crippen molar-refractivity contribution in [2.45, 2.75) is 70.2 Å². The number of sulfone groups is 1. The van der Waals surface area contributed by atoms with Gasteiger partial charge in [-0.25, -0.2) is 8.42 Å². The van der Waals surface area contributed by atoms with Gasteiger partial charge in [-0.3, -0.25) is 19.5 Å². The number of nitrogens with one attached hydrogen (secondary N) is 1. The van der Waals surface area contributed by atoms with E-state index >= 15 is 0 Å². The fourth-order valence-corrected chi connectivity index (χ4v) is 11.8. The third-order valence-corrected chi connectivity index (χ3v) is 14.2. The number of halogens is 2. The molecule has 8 rings (SSSR count). The topological polar surface area (TPSA) is 117 Å². The number of nitrogens with zero attached hydrogens (tertiary/aromatic N) is 6. The number of likely N-dealkylation sites (tertiary alicyclic amines) is 1. The van der Waals surface area contributed by atoms with E-state index < -0.39 is 9.84 Å². The molecule has 4 saturated heterocycles. The lowest BCUT2D eigenvalue weighted by Gasteiger charge is -2.58. The first-order chi connectivity index (χ1) is 22.8. The van der Waals surface area contributed by atoms with Gasteiger partial charge in [-0.1, -0.05) is 29.8 Å². The predicted molar refractivity (Wildman–Crippen MR) is 187 cm³/mol. The average Bonchev–Trinajstić information content (AvgIpc) is 3.67. The van der Waals surface area contributed by atoms with Crippen molar-refractivity contribution in [3.63, 3.8) is 0 Å². The highest BCUT2D eigenvalue weighted by molar-refractivity contribution is 7.91. The van der Waals surface area contributed by atoms with Gasteiger partial charge in [0.1, 0.15) is 0 Å². The quantitative estimate of drug-likeness (QED) is 0.359. The smallest absolute Gasteiger partial charge is 0.245 e. The Morgan fingerprint density at radius 3 is 2.67 bits per heavy atom. The minimum Gasteiger partial charge on any atom is -0.374 e. The molecule has 3 aromatic rings. The number of piperidine rings is 1. The summed E-state index contributed by atoms with van der Waals surface area (Å²) in [6.07, 6.45) is 6.80. The molecule has 1 aromatic carbocycles. The number of aromatic amines is 1. The molecule has 1 N–H and O–H groups in total. The van der Waals surface area contributed by atoms with Crippen LogP contribution in [0.2, 0.25) is 10.0 Å². The number of carbonyl (C=O) groups is 1. The molecule has 4 aliphatic heterocycles. The van der Waals surface area contributed by atoms with Crippen molar-refractivity contribution in [1.82, 2.24) is 29.8 Å². The molecule has 1 saturated carbocycles. The number of H-pyrrole nitrogens is 1. The maximum Gasteiger partial charge on any atom is 0.245 e. The summed E-state index contributed by atoms with van der Waals surface area (Å²) in [5.41, 5.74) is 3.57. The summed E-state index contributed by atoms with van der Waals surface area (Å²) in [6.45, 7) is 14.9. The number of amides is 1. The molecule has 3 atom stereocenters. The Morgan fingerprint density at radius 1 is 1.17 bits per heavy atom. The van der Waals surface area contributed by atoms with Crippen molar-refractivity contribution in [3.05, 3.63) is 40.7 Å². The molecular formula is C34H43Cl2N7O4S. The highest BCUT2D eigenvalue weighted by atomic mass is 35.5. The first-order valence-corrected chi connectivity index (χ1v) is 19.5. The molecule has 48 heavy (non-hydrogen) atoms. The number of fused-ring (bicyclic) bond motifs is 2. The van der Waals surface area contributed by atoms with Crippen LogP contribution in [0, 0.1) is 18.3 Å². The Labute approximate surface area is 291 Å². The molecule has 1 aliphatic carbocycles. The molecule has 258 valence electrons. The maximum atomic E-state index is 12.4. The van der Waals surface area contributed by atoms with Crippen LogP contribution in [0.5, 0.6) is 0 Å². The van der Waals surface area contributed by atoms with E-state index in [2.05, 4.69) is 52.0 Å². The highest BCUT2D eigenvalue weighted by Crippen LogP contribution is 2.56. The van der Waals surface area contributed by atoms with Crippen LogP contribution in [-0.2, 0) is 19.4 Å². The minimum absolute atomic E-state index is 0.00371. The first-order valence-electron chi connectivity index (χ1n) is 16.9. The van der Waals surface area contributed by atoms with Crippen molar-refractivity contribution >= 4 is 55.7 Å². The number of carbonyl (C=O) groups excluding carboxylic acids is 1. The van der Waals surface area contributed by atoms with Crippen molar-refractivity contribution in [1.29, 1.82) is 0 Å². The summed E-state index contributed by atoms with van der Waals surface area (Å²) in [5, 5.41) is 14.6. The van der Waals surface area contributed by atoms with E-state index in [1.165, 1.54) is 6.08 Å². The van der Waals surface area contributed by atoms with E-state index in [1.807, 2.05) is 17.2 Å². The molecule has 5 fully saturated rings. The van der Waals surface area contributed by atoms with Crippen molar-refractivity contribution in [3.8, 4) is 11.1 Å². The number of rotatable bonds is 6. The number of benzene rings is 1. The Morgan fingerprint density at radius 2 is 1.94 bits per heavy atom. The molecule has 14 heteroatoms. The molecule has 0 radical (unpaired) electrons.